The Morgan fingerprint density at radius 3 is 2.62 bits per heavy atom. The van der Waals surface area contributed by atoms with Gasteiger partial charge in [-0.2, -0.15) is 5.10 Å². The quantitative estimate of drug-likeness (QED) is 0.208. The number of hydrazone groups is 1. The van der Waals surface area contributed by atoms with E-state index in [1.807, 2.05) is 6.07 Å². The highest BCUT2D eigenvalue weighted by Crippen LogP contribution is 2.25. The number of fused-ring (bicyclic) bond motifs is 1. The molecule has 0 fully saturated rings. The molecule has 3 aromatic heterocycles. The van der Waals surface area contributed by atoms with Crippen LogP contribution in [0.1, 0.15) is 15.9 Å². The predicted molar refractivity (Wildman–Crippen MR) is 118 cm³/mol. The number of hydrogen-bond donors (Lipinski definition) is 1. The van der Waals surface area contributed by atoms with Gasteiger partial charge in [0.2, 0.25) is 0 Å². The maximum absolute atomic E-state index is 13.0. The van der Waals surface area contributed by atoms with Crippen molar-refractivity contribution in [3.63, 3.8) is 0 Å². The normalized spacial score (nSPS) is 11.0. The second-order valence-electron chi connectivity index (χ2n) is 6.34. The highest BCUT2D eigenvalue weighted by atomic mass is 32.2. The molecule has 0 spiro atoms. The van der Waals surface area contributed by atoms with Crippen LogP contribution in [-0.4, -0.2) is 31.4 Å². The molecule has 1 N–H and O–H groups in total. The summed E-state index contributed by atoms with van der Waals surface area (Å²) in [5.74, 6) is -0.580. The third kappa shape index (κ3) is 4.52. The second-order valence-corrected chi connectivity index (χ2v) is 7.35. The number of benzene rings is 1. The molecule has 4 aromatic rings. The Hall–Kier alpha value is -4.38. The first-order chi connectivity index (χ1) is 15.5. The third-order valence-corrected chi connectivity index (χ3v) is 5.23. The molecule has 158 valence electrons. The molecule has 0 saturated carbocycles. The van der Waals surface area contributed by atoms with Crippen molar-refractivity contribution in [3.8, 4) is 0 Å². The zero-order chi connectivity index (χ0) is 22.5. The topological polar surface area (TPSA) is 132 Å². The van der Waals surface area contributed by atoms with E-state index in [9.17, 15) is 19.7 Å². The lowest BCUT2D eigenvalue weighted by molar-refractivity contribution is -0.384. The largest absolute Gasteiger partial charge is 0.271 e. The lowest BCUT2D eigenvalue weighted by Gasteiger charge is -2.07. The highest BCUT2D eigenvalue weighted by molar-refractivity contribution is 7.99. The van der Waals surface area contributed by atoms with Gasteiger partial charge in [-0.25, -0.2) is 15.4 Å². The zero-order valence-corrected chi connectivity index (χ0v) is 17.1. The second kappa shape index (κ2) is 9.18. The molecule has 0 saturated heterocycles. The van der Waals surface area contributed by atoms with Gasteiger partial charge in [-0.3, -0.25) is 24.1 Å². The van der Waals surface area contributed by atoms with Crippen molar-refractivity contribution in [3.05, 3.63) is 105 Å². The fraction of sp³-hybridized carbons (Fsp3) is 0. The number of nitrogens with zero attached hydrogens (tertiary/aromatic N) is 5. The van der Waals surface area contributed by atoms with E-state index < -0.39 is 10.8 Å². The van der Waals surface area contributed by atoms with Gasteiger partial charge >= 0.3 is 0 Å². The number of amides is 1. The van der Waals surface area contributed by atoms with Crippen molar-refractivity contribution in [1.82, 2.24) is 19.8 Å². The van der Waals surface area contributed by atoms with Crippen molar-refractivity contribution in [2.75, 3.05) is 0 Å². The van der Waals surface area contributed by atoms with E-state index in [0.29, 0.717) is 15.7 Å². The Labute approximate surface area is 184 Å². The summed E-state index contributed by atoms with van der Waals surface area (Å²) in [6, 6.07) is 15.7. The molecular weight excluding hydrogens is 432 g/mol. The number of carbonyl (C=O) groups excluding carboxylic acids is 1. The SMILES string of the molecule is O=C(NN=Cc1c(Sc2ccccn2)nc2ccccn2c1=O)c1ccc([N+](=O)[O-])cc1. The van der Waals surface area contributed by atoms with Crippen LogP contribution in [0, 0.1) is 10.1 Å². The molecule has 0 bridgehead atoms. The van der Waals surface area contributed by atoms with E-state index in [2.05, 4.69) is 20.5 Å². The molecular formula is C21H14N6O4S. The standard InChI is InChI=1S/C21H14N6O4S/c28-19(14-7-9-15(10-8-14)27(30)31)25-23-13-16-20(32-18-6-1-3-11-22-18)24-17-5-2-4-12-26(17)21(16)29/h1-13H,(H,25,28). The van der Waals surface area contributed by atoms with Crippen LogP contribution in [-0.2, 0) is 0 Å². The van der Waals surface area contributed by atoms with Crippen LogP contribution < -0.4 is 11.0 Å². The van der Waals surface area contributed by atoms with Gasteiger partial charge in [0.05, 0.1) is 16.7 Å². The molecule has 10 nitrogen and oxygen atoms in total. The first-order valence-electron chi connectivity index (χ1n) is 9.21. The smallest absolute Gasteiger partial charge is 0.268 e. The maximum Gasteiger partial charge on any atom is 0.271 e. The first-order valence-corrected chi connectivity index (χ1v) is 10.0. The number of pyridine rings is 2. The van der Waals surface area contributed by atoms with Gasteiger partial charge in [0, 0.05) is 30.1 Å². The van der Waals surface area contributed by atoms with E-state index in [0.717, 1.165) is 0 Å². The minimum absolute atomic E-state index is 0.128. The van der Waals surface area contributed by atoms with Crippen LogP contribution in [0.15, 0.2) is 93.0 Å². The molecule has 11 heteroatoms. The fourth-order valence-corrected chi connectivity index (χ4v) is 3.58. The average molecular weight is 446 g/mol. The number of carbonyl (C=O) groups is 1. The molecule has 0 aliphatic heterocycles. The van der Waals surface area contributed by atoms with E-state index in [1.54, 1.807) is 42.7 Å². The molecule has 32 heavy (non-hydrogen) atoms. The van der Waals surface area contributed by atoms with Crippen molar-refractivity contribution >= 4 is 35.2 Å². The number of non-ortho nitro benzene ring substituents is 1. The summed E-state index contributed by atoms with van der Waals surface area (Å²) < 4.78 is 1.38. The monoisotopic (exact) mass is 446 g/mol. The summed E-state index contributed by atoms with van der Waals surface area (Å²) in [4.78, 5) is 44.2. The van der Waals surface area contributed by atoms with Gasteiger partial charge in [-0.15, -0.1) is 0 Å². The molecule has 4 rings (SSSR count). The Bertz CT molecular complexity index is 1390. The van der Waals surface area contributed by atoms with E-state index in [-0.39, 0.29) is 22.4 Å². The van der Waals surface area contributed by atoms with Crippen LogP contribution in [0.4, 0.5) is 5.69 Å². The molecule has 1 amide bonds. The summed E-state index contributed by atoms with van der Waals surface area (Å²) in [6.07, 6.45) is 4.45. The number of hydrogen-bond acceptors (Lipinski definition) is 8. The molecule has 0 unspecified atom stereocenters. The van der Waals surface area contributed by atoms with Gasteiger partial charge in [-0.1, -0.05) is 12.1 Å². The summed E-state index contributed by atoms with van der Waals surface area (Å²) in [5.41, 5.74) is 2.66. The fourth-order valence-electron chi connectivity index (χ4n) is 2.73. The van der Waals surface area contributed by atoms with Crippen LogP contribution in [0.3, 0.4) is 0 Å². The minimum Gasteiger partial charge on any atom is -0.268 e. The molecule has 3 heterocycles. The van der Waals surface area contributed by atoms with Crippen LogP contribution in [0.2, 0.25) is 0 Å². The third-order valence-electron chi connectivity index (χ3n) is 4.27. The van der Waals surface area contributed by atoms with Gasteiger partial charge in [0.15, 0.2) is 0 Å². The lowest BCUT2D eigenvalue weighted by Crippen LogP contribution is -2.23. The Balaban J connectivity index is 1.63. The first kappa shape index (κ1) is 20.9. The number of aromatic nitrogens is 3. The average Bonchev–Trinajstić information content (AvgIpc) is 2.81. The van der Waals surface area contributed by atoms with Crippen molar-refractivity contribution in [1.29, 1.82) is 0 Å². The Morgan fingerprint density at radius 2 is 1.91 bits per heavy atom. The maximum atomic E-state index is 13.0. The highest BCUT2D eigenvalue weighted by Gasteiger charge is 2.14. The number of rotatable bonds is 6. The van der Waals surface area contributed by atoms with Gasteiger partial charge < -0.3 is 0 Å². The van der Waals surface area contributed by atoms with E-state index in [4.69, 9.17) is 0 Å². The molecule has 1 aromatic carbocycles. The zero-order valence-electron chi connectivity index (χ0n) is 16.3. The molecule has 0 radical (unpaired) electrons. The van der Waals surface area contributed by atoms with Gasteiger partial charge in [-0.05, 0) is 48.2 Å². The molecule has 0 aliphatic rings. The van der Waals surface area contributed by atoms with Crippen molar-refractivity contribution in [2.45, 2.75) is 10.1 Å². The summed E-state index contributed by atoms with van der Waals surface area (Å²) >= 11 is 1.20. The van der Waals surface area contributed by atoms with Gasteiger partial charge in [0.25, 0.3) is 17.2 Å². The Kier molecular flexibility index (Phi) is 5.99. The van der Waals surface area contributed by atoms with Crippen molar-refractivity contribution in [2.24, 2.45) is 5.10 Å². The van der Waals surface area contributed by atoms with Crippen LogP contribution >= 0.6 is 11.8 Å². The Morgan fingerprint density at radius 1 is 1.12 bits per heavy atom. The number of nitro groups is 1. The van der Waals surface area contributed by atoms with Crippen LogP contribution in [0.25, 0.3) is 5.65 Å². The van der Waals surface area contributed by atoms with E-state index in [1.165, 1.54) is 46.6 Å². The molecule has 0 atom stereocenters. The number of nitrogens with one attached hydrogen (secondary N) is 1. The predicted octanol–water partition coefficient (Wildman–Crippen LogP) is 2.91. The summed E-state index contributed by atoms with van der Waals surface area (Å²) in [7, 11) is 0. The molecule has 0 aliphatic carbocycles. The lowest BCUT2D eigenvalue weighted by atomic mass is 10.2. The van der Waals surface area contributed by atoms with Crippen molar-refractivity contribution < 1.29 is 9.72 Å². The van der Waals surface area contributed by atoms with Crippen LogP contribution in [0.5, 0.6) is 0 Å². The van der Waals surface area contributed by atoms with E-state index >= 15 is 0 Å². The summed E-state index contributed by atoms with van der Waals surface area (Å²) in [6.45, 7) is 0. The minimum atomic E-state index is -0.580. The van der Waals surface area contributed by atoms with Gasteiger partial charge in [0.1, 0.15) is 15.7 Å². The number of nitro benzene ring substituents is 1. The summed E-state index contributed by atoms with van der Waals surface area (Å²) in [5, 5.41) is 15.7.